The monoisotopic (exact) mass is 212 g/mol. The summed E-state index contributed by atoms with van der Waals surface area (Å²) >= 11 is 1.64. The largest absolute Gasteiger partial charge is 0.388 e. The quantitative estimate of drug-likeness (QED) is 0.834. The minimum atomic E-state index is -0.266. The van der Waals surface area contributed by atoms with E-state index in [0.29, 0.717) is 5.92 Å². The third-order valence-electron chi connectivity index (χ3n) is 2.77. The van der Waals surface area contributed by atoms with Crippen LogP contribution in [0, 0.1) is 5.92 Å². The first kappa shape index (κ1) is 10.1. The van der Waals surface area contributed by atoms with Gasteiger partial charge in [-0.25, -0.2) is 0 Å². The summed E-state index contributed by atoms with van der Waals surface area (Å²) in [6, 6.07) is 4.00. The maximum Gasteiger partial charge on any atom is 0.0884 e. The van der Waals surface area contributed by atoms with Crippen molar-refractivity contribution in [2.75, 3.05) is 13.2 Å². The Morgan fingerprint density at radius 2 is 2.29 bits per heavy atom. The first-order valence-corrected chi connectivity index (χ1v) is 6.03. The van der Waals surface area contributed by atoms with Crippen molar-refractivity contribution >= 4 is 11.3 Å². The lowest BCUT2D eigenvalue weighted by Gasteiger charge is -2.23. The van der Waals surface area contributed by atoms with Crippen LogP contribution in [0.25, 0.3) is 0 Å². The van der Waals surface area contributed by atoms with Crippen LogP contribution >= 0.6 is 11.3 Å². The minimum Gasteiger partial charge on any atom is -0.388 e. The molecule has 0 aliphatic carbocycles. The summed E-state index contributed by atoms with van der Waals surface area (Å²) in [7, 11) is 0. The summed E-state index contributed by atoms with van der Waals surface area (Å²) < 4.78 is 5.29. The maximum absolute atomic E-state index is 9.93. The predicted molar refractivity (Wildman–Crippen MR) is 57.4 cm³/mol. The standard InChI is InChI=1S/C11H16O2S/c12-10(11-2-1-7-14-11)8-9-3-5-13-6-4-9/h1-2,7,9-10,12H,3-6,8H2. The molecule has 0 amide bonds. The van der Waals surface area contributed by atoms with Gasteiger partial charge < -0.3 is 9.84 Å². The van der Waals surface area contributed by atoms with E-state index < -0.39 is 0 Å². The van der Waals surface area contributed by atoms with Crippen molar-refractivity contribution in [1.29, 1.82) is 0 Å². The molecule has 2 nitrogen and oxygen atoms in total. The van der Waals surface area contributed by atoms with E-state index >= 15 is 0 Å². The van der Waals surface area contributed by atoms with E-state index in [1.54, 1.807) is 11.3 Å². The molecule has 2 rings (SSSR count). The fourth-order valence-corrected chi connectivity index (χ4v) is 2.62. The molecule has 1 aliphatic heterocycles. The second kappa shape index (κ2) is 4.91. The van der Waals surface area contributed by atoms with E-state index in [2.05, 4.69) is 0 Å². The normalized spacial score (nSPS) is 20.9. The van der Waals surface area contributed by atoms with E-state index in [-0.39, 0.29) is 6.10 Å². The van der Waals surface area contributed by atoms with Crippen LogP contribution in [0.15, 0.2) is 17.5 Å². The number of rotatable bonds is 3. The zero-order valence-electron chi connectivity index (χ0n) is 8.19. The first-order valence-electron chi connectivity index (χ1n) is 5.15. The van der Waals surface area contributed by atoms with E-state index in [9.17, 15) is 5.11 Å². The number of aliphatic hydroxyl groups is 1. The Kier molecular flexibility index (Phi) is 3.56. The van der Waals surface area contributed by atoms with Crippen LogP contribution in [0.2, 0.25) is 0 Å². The average molecular weight is 212 g/mol. The van der Waals surface area contributed by atoms with Crippen LogP contribution in [0.4, 0.5) is 0 Å². The molecule has 1 saturated heterocycles. The van der Waals surface area contributed by atoms with Crippen LogP contribution in [0.1, 0.15) is 30.2 Å². The highest BCUT2D eigenvalue weighted by Crippen LogP contribution is 2.29. The van der Waals surface area contributed by atoms with Crippen molar-refractivity contribution in [2.45, 2.75) is 25.4 Å². The van der Waals surface area contributed by atoms with E-state index in [4.69, 9.17) is 4.74 Å². The average Bonchev–Trinajstić information content (AvgIpc) is 2.72. The Morgan fingerprint density at radius 1 is 1.50 bits per heavy atom. The van der Waals surface area contributed by atoms with Gasteiger partial charge in [-0.05, 0) is 36.6 Å². The fourth-order valence-electron chi connectivity index (χ4n) is 1.89. The number of hydrogen-bond acceptors (Lipinski definition) is 3. The van der Waals surface area contributed by atoms with Gasteiger partial charge >= 0.3 is 0 Å². The summed E-state index contributed by atoms with van der Waals surface area (Å²) in [5.74, 6) is 0.640. The van der Waals surface area contributed by atoms with Gasteiger partial charge in [0.1, 0.15) is 0 Å². The second-order valence-electron chi connectivity index (χ2n) is 3.82. The van der Waals surface area contributed by atoms with Gasteiger partial charge in [-0.15, -0.1) is 11.3 Å². The lowest BCUT2D eigenvalue weighted by atomic mass is 9.93. The van der Waals surface area contributed by atoms with E-state index in [1.807, 2.05) is 17.5 Å². The Bertz CT molecular complexity index is 252. The van der Waals surface area contributed by atoms with Crippen LogP contribution in [-0.2, 0) is 4.74 Å². The first-order chi connectivity index (χ1) is 6.86. The molecule has 0 aromatic carbocycles. The van der Waals surface area contributed by atoms with Crippen molar-refractivity contribution in [1.82, 2.24) is 0 Å². The number of thiophene rings is 1. The molecule has 3 heteroatoms. The van der Waals surface area contributed by atoms with Gasteiger partial charge in [0.05, 0.1) is 6.10 Å². The van der Waals surface area contributed by atoms with E-state index in [1.165, 1.54) is 0 Å². The third kappa shape index (κ3) is 2.56. The smallest absolute Gasteiger partial charge is 0.0884 e. The topological polar surface area (TPSA) is 29.5 Å². The van der Waals surface area contributed by atoms with Gasteiger partial charge in [0.2, 0.25) is 0 Å². The second-order valence-corrected chi connectivity index (χ2v) is 4.80. The van der Waals surface area contributed by atoms with Crippen molar-refractivity contribution in [3.8, 4) is 0 Å². The highest BCUT2D eigenvalue weighted by Gasteiger charge is 2.19. The lowest BCUT2D eigenvalue weighted by Crippen LogP contribution is -2.17. The zero-order chi connectivity index (χ0) is 9.80. The molecule has 1 aromatic rings. The van der Waals surface area contributed by atoms with Gasteiger partial charge in [-0.3, -0.25) is 0 Å². The molecule has 0 saturated carbocycles. The van der Waals surface area contributed by atoms with Crippen molar-refractivity contribution in [3.05, 3.63) is 22.4 Å². The van der Waals surface area contributed by atoms with Gasteiger partial charge in [0.25, 0.3) is 0 Å². The van der Waals surface area contributed by atoms with Gasteiger partial charge in [-0.1, -0.05) is 6.07 Å². The molecule has 2 heterocycles. The van der Waals surface area contributed by atoms with Gasteiger partial charge in [-0.2, -0.15) is 0 Å². The van der Waals surface area contributed by atoms with E-state index in [0.717, 1.165) is 37.4 Å². The molecule has 1 aliphatic rings. The van der Waals surface area contributed by atoms with Gasteiger partial charge in [0, 0.05) is 18.1 Å². The van der Waals surface area contributed by atoms with Crippen LogP contribution in [0.3, 0.4) is 0 Å². The molecule has 1 atom stereocenters. The molecular weight excluding hydrogens is 196 g/mol. The molecule has 0 spiro atoms. The minimum absolute atomic E-state index is 0.266. The summed E-state index contributed by atoms with van der Waals surface area (Å²) in [4.78, 5) is 1.09. The fraction of sp³-hybridized carbons (Fsp3) is 0.636. The highest BCUT2D eigenvalue weighted by molar-refractivity contribution is 7.10. The molecule has 1 aromatic heterocycles. The Hall–Kier alpha value is -0.380. The summed E-state index contributed by atoms with van der Waals surface area (Å²) in [5.41, 5.74) is 0. The zero-order valence-corrected chi connectivity index (χ0v) is 9.00. The van der Waals surface area contributed by atoms with Crippen molar-refractivity contribution in [3.63, 3.8) is 0 Å². The van der Waals surface area contributed by atoms with Crippen LogP contribution < -0.4 is 0 Å². The van der Waals surface area contributed by atoms with Crippen molar-refractivity contribution < 1.29 is 9.84 Å². The molecule has 1 fully saturated rings. The lowest BCUT2D eigenvalue weighted by molar-refractivity contribution is 0.0442. The molecule has 0 bridgehead atoms. The SMILES string of the molecule is OC(CC1CCOCC1)c1cccs1. The van der Waals surface area contributed by atoms with Crippen LogP contribution in [0.5, 0.6) is 0 Å². The molecule has 1 unspecified atom stereocenters. The Labute approximate surface area is 88.5 Å². The summed E-state index contributed by atoms with van der Waals surface area (Å²) in [6.45, 7) is 1.73. The summed E-state index contributed by atoms with van der Waals surface area (Å²) in [6.07, 6.45) is 2.83. The molecule has 0 radical (unpaired) electrons. The molecule has 78 valence electrons. The predicted octanol–water partition coefficient (Wildman–Crippen LogP) is 2.60. The number of aliphatic hydroxyl groups excluding tert-OH is 1. The maximum atomic E-state index is 9.93. The number of hydrogen-bond donors (Lipinski definition) is 1. The molecular formula is C11H16O2S. The Balaban J connectivity index is 1.84. The summed E-state index contributed by atoms with van der Waals surface area (Å²) in [5, 5.41) is 11.9. The Morgan fingerprint density at radius 3 is 2.93 bits per heavy atom. The molecule has 1 N–H and O–H groups in total. The van der Waals surface area contributed by atoms with Gasteiger partial charge in [0.15, 0.2) is 0 Å². The highest BCUT2D eigenvalue weighted by atomic mass is 32.1. The number of ether oxygens (including phenoxy) is 1. The third-order valence-corrected chi connectivity index (χ3v) is 3.74. The van der Waals surface area contributed by atoms with Crippen molar-refractivity contribution in [2.24, 2.45) is 5.92 Å². The van der Waals surface area contributed by atoms with Crippen LogP contribution in [-0.4, -0.2) is 18.3 Å². The molecule has 14 heavy (non-hydrogen) atoms.